The third-order valence-corrected chi connectivity index (χ3v) is 0.514. The average Bonchev–Trinajstić information content (AvgIpc) is 1.85. The van der Waals surface area contributed by atoms with E-state index in [0.717, 1.165) is 0 Å². The zero-order valence-electron chi connectivity index (χ0n) is 8.00. The molecule has 3 nitrogen and oxygen atoms in total. The lowest BCUT2D eigenvalue weighted by Gasteiger charge is -1.93. The lowest BCUT2D eigenvalue weighted by molar-refractivity contribution is -0.150. The van der Waals surface area contributed by atoms with Gasteiger partial charge in [0.15, 0.2) is 0 Å². The predicted molar refractivity (Wildman–Crippen MR) is 27.5 cm³/mol. The number of carbonyl (C=O) groups is 2. The molecule has 0 aromatic heterocycles. The van der Waals surface area contributed by atoms with Crippen LogP contribution in [0.1, 0.15) is 19.2 Å². The first-order valence-electron chi connectivity index (χ1n) is 4.15. The molecule has 0 saturated heterocycles. The van der Waals surface area contributed by atoms with E-state index in [0.29, 0.717) is 0 Å². The fourth-order valence-corrected chi connectivity index (χ4v) is 0.143. The third kappa shape index (κ3) is 1.73. The lowest BCUT2D eigenvalue weighted by atomic mass is 10.3. The Morgan fingerprint density at radius 2 is 2.12 bits per heavy atom. The average molecular weight is 122 g/mol. The molecule has 0 unspecified atom stereocenters. The second kappa shape index (κ2) is 2.45. The van der Waals surface area contributed by atoms with Gasteiger partial charge in [0.2, 0.25) is 5.78 Å². The van der Waals surface area contributed by atoms with E-state index < -0.39 is 31.4 Å². The van der Waals surface area contributed by atoms with Crippen LogP contribution in [0.3, 0.4) is 0 Å². The highest BCUT2D eigenvalue weighted by Crippen LogP contribution is 1.92. The minimum absolute atomic E-state index is 1.42. The number of carboxylic acid groups (broad SMARTS) is 1. The van der Waals surface area contributed by atoms with Crippen LogP contribution in [0.2, 0.25) is 0 Å². The molecule has 46 valence electrons. The van der Waals surface area contributed by atoms with Gasteiger partial charge in [0.1, 0.15) is 0 Å². The first-order chi connectivity index (χ1) is 5.37. The van der Waals surface area contributed by atoms with Crippen molar-refractivity contribution < 1.29 is 20.2 Å². The highest BCUT2D eigenvalue weighted by Gasteiger charge is 2.14. The maximum Gasteiger partial charge on any atom is 0.372 e. The molecular weight excluding hydrogens is 110 g/mol. The smallest absolute Gasteiger partial charge is 0.372 e. The molecule has 0 rings (SSSR count). The molecule has 0 fully saturated rings. The summed E-state index contributed by atoms with van der Waals surface area (Å²) in [4.78, 5) is 20.7. The van der Waals surface area contributed by atoms with E-state index in [4.69, 9.17) is 10.6 Å². The minimum atomic E-state index is -1.80. The van der Waals surface area contributed by atoms with E-state index in [1.165, 1.54) is 0 Å². The van der Waals surface area contributed by atoms with Crippen molar-refractivity contribution in [2.24, 2.45) is 5.92 Å². The molecule has 0 aliphatic heterocycles. The van der Waals surface area contributed by atoms with Crippen LogP contribution in [0.5, 0.6) is 0 Å². The van der Waals surface area contributed by atoms with Crippen LogP contribution in [0.25, 0.3) is 0 Å². The maximum absolute atomic E-state index is 10.6. The molecule has 1 N–H and O–H groups in total. The van der Waals surface area contributed by atoms with Crippen molar-refractivity contribution in [1.29, 1.82) is 0 Å². The van der Waals surface area contributed by atoms with Crippen LogP contribution in [0.4, 0.5) is 0 Å². The Kier molecular flexibility index (Phi) is 0.801. The van der Waals surface area contributed by atoms with Crippen LogP contribution in [0.15, 0.2) is 0 Å². The molecule has 0 spiro atoms. The van der Waals surface area contributed by atoms with Gasteiger partial charge in [0.25, 0.3) is 0 Å². The molecule has 0 aromatic carbocycles. The number of hydrogen-bond donors (Lipinski definition) is 1. The summed E-state index contributed by atoms with van der Waals surface area (Å²) in [5.41, 5.74) is 0. The fraction of sp³-hybridized carbons (Fsp3) is 0.600. The van der Waals surface area contributed by atoms with Gasteiger partial charge in [-0.15, -0.1) is 0 Å². The quantitative estimate of drug-likeness (QED) is 0.423. The summed E-state index contributed by atoms with van der Waals surface area (Å²) < 4.78 is 26.9. The highest BCUT2D eigenvalue weighted by molar-refractivity contribution is 6.33. The molecule has 0 atom stereocenters. The van der Waals surface area contributed by atoms with Gasteiger partial charge in [-0.05, 0) is 0 Å². The molecule has 0 amide bonds. The molecule has 0 bridgehead atoms. The normalized spacial score (nSPS) is 17.4. The van der Waals surface area contributed by atoms with Crippen LogP contribution in [-0.2, 0) is 9.59 Å². The first kappa shape index (κ1) is 2.62. The molecule has 0 aliphatic rings. The molecule has 3 heteroatoms. The van der Waals surface area contributed by atoms with E-state index in [1.54, 1.807) is 0 Å². The van der Waals surface area contributed by atoms with Gasteiger partial charge < -0.3 is 5.11 Å². The van der Waals surface area contributed by atoms with Gasteiger partial charge in [-0.3, -0.25) is 4.79 Å². The zero-order valence-corrected chi connectivity index (χ0v) is 4.00. The van der Waals surface area contributed by atoms with Crippen molar-refractivity contribution in [3.05, 3.63) is 0 Å². The third-order valence-electron chi connectivity index (χ3n) is 0.514. The Morgan fingerprint density at radius 1 is 1.62 bits per heavy atom. The van der Waals surface area contributed by atoms with E-state index in [-0.39, 0.29) is 0 Å². The SMILES string of the molecule is [2H][13CH]([2H])C(C(=O)C(=O)O)[13CH]([2H])[2H]. The standard InChI is InChI=1S/C5H8O3/c1-3(2)4(6)5(7)8/h3H,1-2H3,(H,7,8)/i1+1D2,2+1D2. The number of Topliss-reactive ketones (excluding diaryl/α,β-unsaturated/α-hetero) is 1. The molecule has 0 aliphatic carbocycles. The van der Waals surface area contributed by atoms with Gasteiger partial charge in [-0.1, -0.05) is 13.8 Å². The van der Waals surface area contributed by atoms with Crippen molar-refractivity contribution in [1.82, 2.24) is 0 Å². The second-order valence-electron chi connectivity index (χ2n) is 1.20. The molecular formula is C5H8O3. The molecule has 8 heavy (non-hydrogen) atoms. The number of carbonyl (C=O) groups excluding carboxylic acids is 1. The topological polar surface area (TPSA) is 54.4 Å². The summed E-state index contributed by atoms with van der Waals surface area (Å²) in [6.45, 7) is -3.57. The summed E-state index contributed by atoms with van der Waals surface area (Å²) in [5, 5.41) is 8.17. The molecule has 0 heterocycles. The summed E-state index contributed by atoms with van der Waals surface area (Å²) >= 11 is 0. The zero-order chi connectivity index (χ0) is 9.89. The number of ketones is 1. The van der Waals surface area contributed by atoms with Gasteiger partial charge in [0, 0.05) is 11.4 Å². The number of aliphatic carboxylic acids is 1. The van der Waals surface area contributed by atoms with Crippen LogP contribution in [0, 0.1) is 5.92 Å². The summed E-state index contributed by atoms with van der Waals surface area (Å²) in [6, 6.07) is 0. The van der Waals surface area contributed by atoms with Crippen molar-refractivity contribution >= 4 is 11.8 Å². The first-order valence-corrected chi connectivity index (χ1v) is 1.84. The minimum Gasteiger partial charge on any atom is -0.475 e. The van der Waals surface area contributed by atoms with Crippen LogP contribution < -0.4 is 0 Å². The Hall–Kier alpha value is -0.860. The van der Waals surface area contributed by atoms with Gasteiger partial charge in [0.05, 0.1) is 0 Å². The van der Waals surface area contributed by atoms with Gasteiger partial charge in [-0.2, -0.15) is 0 Å². The number of carboxylic acids is 1. The van der Waals surface area contributed by atoms with E-state index >= 15 is 0 Å². The van der Waals surface area contributed by atoms with Crippen molar-refractivity contribution in [3.8, 4) is 0 Å². The fourth-order valence-electron chi connectivity index (χ4n) is 0.143. The summed E-state index contributed by atoms with van der Waals surface area (Å²) in [6.07, 6.45) is 0. The maximum atomic E-state index is 10.6. The predicted octanol–water partition coefficient (Wildman–Crippen LogP) is 0.296. The molecule has 0 radical (unpaired) electrons. The molecule has 0 aromatic rings. The second-order valence-corrected chi connectivity index (χ2v) is 1.20. The van der Waals surface area contributed by atoms with E-state index in [2.05, 4.69) is 0 Å². The van der Waals surface area contributed by atoms with Crippen molar-refractivity contribution in [2.75, 3.05) is 0 Å². The Balaban J connectivity index is 4.52. The van der Waals surface area contributed by atoms with Gasteiger partial charge >= 0.3 is 5.97 Å². The van der Waals surface area contributed by atoms with Crippen molar-refractivity contribution in [2.45, 2.75) is 13.8 Å². The number of rotatable bonds is 2. The Morgan fingerprint density at radius 3 is 2.25 bits per heavy atom. The Bertz CT molecular complexity index is 183. The number of hydrogen-bond acceptors (Lipinski definition) is 2. The van der Waals surface area contributed by atoms with E-state index in [1.807, 2.05) is 0 Å². The lowest BCUT2D eigenvalue weighted by Crippen LogP contribution is -2.18. The van der Waals surface area contributed by atoms with Crippen LogP contribution in [-0.4, -0.2) is 16.9 Å². The van der Waals surface area contributed by atoms with Crippen molar-refractivity contribution in [3.63, 3.8) is 0 Å². The van der Waals surface area contributed by atoms with Gasteiger partial charge in [-0.25, -0.2) is 4.79 Å². The summed E-state index contributed by atoms with van der Waals surface area (Å²) in [7, 11) is 0. The Labute approximate surface area is 52.9 Å². The monoisotopic (exact) mass is 122 g/mol. The largest absolute Gasteiger partial charge is 0.475 e. The highest BCUT2D eigenvalue weighted by atomic mass is 16.4. The van der Waals surface area contributed by atoms with E-state index in [9.17, 15) is 9.59 Å². The summed E-state index contributed by atoms with van der Waals surface area (Å²) in [5.74, 6) is -4.91. The molecule has 0 saturated carbocycles. The van der Waals surface area contributed by atoms with Crippen LogP contribution >= 0.6 is 0 Å².